The molecule has 0 aliphatic carbocycles. The van der Waals surface area contributed by atoms with Gasteiger partial charge in [-0.1, -0.05) is 37.8 Å². The molecule has 9 nitrogen and oxygen atoms in total. The van der Waals surface area contributed by atoms with Crippen molar-refractivity contribution in [1.29, 1.82) is 0 Å². The van der Waals surface area contributed by atoms with Crippen molar-refractivity contribution in [2.24, 2.45) is 0 Å². The van der Waals surface area contributed by atoms with Crippen LogP contribution in [0.1, 0.15) is 20.3 Å². The van der Waals surface area contributed by atoms with Gasteiger partial charge in [0.25, 0.3) is 0 Å². The van der Waals surface area contributed by atoms with Crippen molar-refractivity contribution in [2.45, 2.75) is 20.3 Å². The number of benzene rings is 2. The first-order chi connectivity index (χ1) is 19.8. The van der Waals surface area contributed by atoms with Crippen LogP contribution in [0.25, 0.3) is 33.8 Å². The van der Waals surface area contributed by atoms with Crippen LogP contribution in [0, 0.1) is 0 Å². The van der Waals surface area contributed by atoms with E-state index in [1.165, 1.54) is 0 Å². The van der Waals surface area contributed by atoms with Gasteiger partial charge in [0.1, 0.15) is 18.1 Å². The van der Waals surface area contributed by atoms with E-state index in [0.717, 1.165) is 11.1 Å². The molecule has 1 N–H and O–H groups in total. The number of hydrogen-bond acceptors (Lipinski definition) is 8. The van der Waals surface area contributed by atoms with Crippen LogP contribution in [-0.4, -0.2) is 41.2 Å². The third-order valence-electron chi connectivity index (χ3n) is 5.73. The molecule has 4 rings (SSSR count). The van der Waals surface area contributed by atoms with Crippen LogP contribution in [0.2, 0.25) is 0 Å². The van der Waals surface area contributed by atoms with Gasteiger partial charge in [-0.2, -0.15) is 0 Å². The first kappa shape index (κ1) is 28.7. The number of rotatable bonds is 10. The Morgan fingerprint density at radius 2 is 1.49 bits per heavy atom. The molecule has 0 spiro atoms. The van der Waals surface area contributed by atoms with Crippen LogP contribution >= 0.6 is 0 Å². The Bertz CT molecular complexity index is 1570. The van der Waals surface area contributed by atoms with Gasteiger partial charge in [-0.05, 0) is 61.5 Å². The molecule has 208 valence electrons. The Kier molecular flexibility index (Phi) is 9.56. The average molecular weight is 552 g/mol. The fourth-order valence-corrected chi connectivity index (χ4v) is 3.73. The highest BCUT2D eigenvalue weighted by Gasteiger charge is 2.13. The highest BCUT2D eigenvalue weighted by Crippen LogP contribution is 2.32. The highest BCUT2D eigenvalue weighted by molar-refractivity contribution is 5.87. The third-order valence-corrected chi connectivity index (χ3v) is 5.73. The number of pyridine rings is 2. The van der Waals surface area contributed by atoms with Crippen LogP contribution in [0.5, 0.6) is 11.5 Å². The predicted molar refractivity (Wildman–Crippen MR) is 154 cm³/mol. The zero-order chi connectivity index (χ0) is 29.2. The second kappa shape index (κ2) is 13.7. The Labute approximate surface area is 237 Å². The second-order valence-corrected chi connectivity index (χ2v) is 8.96. The van der Waals surface area contributed by atoms with Crippen molar-refractivity contribution in [3.63, 3.8) is 0 Å². The largest absolute Gasteiger partial charge is 0.460 e. The number of nitrogens with zero attached hydrogens (tertiary/aromatic N) is 2. The predicted octanol–water partition coefficient (Wildman–Crippen LogP) is 6.00. The molecule has 2 aromatic heterocycles. The molecule has 0 bridgehead atoms. The summed E-state index contributed by atoms with van der Waals surface area (Å²) >= 11 is 0. The van der Waals surface area contributed by atoms with Gasteiger partial charge >= 0.3 is 18.0 Å². The normalized spacial score (nSPS) is 10.4. The van der Waals surface area contributed by atoms with Crippen molar-refractivity contribution in [3.05, 3.63) is 97.2 Å². The number of aromatic nitrogens is 2. The second-order valence-electron chi connectivity index (χ2n) is 8.96. The molecule has 2 aromatic carbocycles. The number of esters is 2. The van der Waals surface area contributed by atoms with Crippen molar-refractivity contribution < 1.29 is 28.6 Å². The molecule has 9 heteroatoms. The molecular formula is C32H29N3O6. The Balaban J connectivity index is 1.59. The molecule has 0 saturated carbocycles. The minimum absolute atomic E-state index is 0.0183. The standard InChI is InChI=1S/C32H29N3O6/c1-4-30(36)40-25-10-7-9-22(18-25)28-12-8-13-29(35-28)24-17-23(27-11-5-6-14-33-27)19-26(20-24)41-32(38)34-15-16-39-31(37)21(2)3/h5-14,17-20H,2,4,15-16H2,1,3H3,(H,34,38). The maximum atomic E-state index is 12.5. The first-order valence-electron chi connectivity index (χ1n) is 13.0. The maximum absolute atomic E-state index is 12.5. The minimum Gasteiger partial charge on any atom is -0.460 e. The van der Waals surface area contributed by atoms with E-state index in [9.17, 15) is 14.4 Å². The Morgan fingerprint density at radius 3 is 2.20 bits per heavy atom. The van der Waals surface area contributed by atoms with E-state index in [4.69, 9.17) is 19.2 Å². The van der Waals surface area contributed by atoms with Gasteiger partial charge in [0.05, 0.1) is 23.6 Å². The van der Waals surface area contributed by atoms with Crippen LogP contribution < -0.4 is 14.8 Å². The summed E-state index contributed by atoms with van der Waals surface area (Å²) in [6.45, 7) is 6.85. The summed E-state index contributed by atoms with van der Waals surface area (Å²) < 4.78 is 15.9. The fourth-order valence-electron chi connectivity index (χ4n) is 3.73. The summed E-state index contributed by atoms with van der Waals surface area (Å²) in [5.41, 5.74) is 4.46. The van der Waals surface area contributed by atoms with Crippen molar-refractivity contribution >= 4 is 18.0 Å². The lowest BCUT2D eigenvalue weighted by atomic mass is 10.0. The van der Waals surface area contributed by atoms with Gasteiger partial charge < -0.3 is 19.5 Å². The monoisotopic (exact) mass is 551 g/mol. The van der Waals surface area contributed by atoms with E-state index >= 15 is 0 Å². The van der Waals surface area contributed by atoms with Crippen LogP contribution in [-0.2, 0) is 14.3 Å². The van der Waals surface area contributed by atoms with E-state index < -0.39 is 12.1 Å². The van der Waals surface area contributed by atoms with Crippen molar-refractivity contribution in [2.75, 3.05) is 13.2 Å². The molecule has 2 heterocycles. The van der Waals surface area contributed by atoms with Gasteiger partial charge in [0, 0.05) is 34.9 Å². The number of carbonyl (C=O) groups is 3. The highest BCUT2D eigenvalue weighted by atomic mass is 16.6. The molecule has 0 aliphatic rings. The van der Waals surface area contributed by atoms with Gasteiger partial charge in [0.15, 0.2) is 0 Å². The van der Waals surface area contributed by atoms with E-state index in [2.05, 4.69) is 16.9 Å². The Morgan fingerprint density at radius 1 is 0.805 bits per heavy atom. The van der Waals surface area contributed by atoms with Gasteiger partial charge in [0.2, 0.25) is 0 Å². The van der Waals surface area contributed by atoms with E-state index in [-0.39, 0.29) is 36.9 Å². The maximum Gasteiger partial charge on any atom is 0.412 e. The molecule has 1 amide bonds. The molecular weight excluding hydrogens is 522 g/mol. The summed E-state index contributed by atoms with van der Waals surface area (Å²) in [4.78, 5) is 45.0. The lowest BCUT2D eigenvalue weighted by Crippen LogP contribution is -2.30. The summed E-state index contributed by atoms with van der Waals surface area (Å²) in [5.74, 6) is -0.133. The SMILES string of the molecule is C=C(C)C(=O)OCCNC(=O)Oc1cc(-c2ccccn2)cc(-c2cccc(-c3cccc(OC(=O)CC)c3)n2)c1. The first-order valence-corrected chi connectivity index (χ1v) is 13.0. The topological polar surface area (TPSA) is 117 Å². The minimum atomic E-state index is -0.708. The number of carbonyl (C=O) groups excluding carboxylic acids is 3. The third kappa shape index (κ3) is 8.09. The van der Waals surface area contributed by atoms with Crippen LogP contribution in [0.4, 0.5) is 4.79 Å². The van der Waals surface area contributed by atoms with Gasteiger partial charge in [-0.15, -0.1) is 0 Å². The molecule has 41 heavy (non-hydrogen) atoms. The summed E-state index contributed by atoms with van der Waals surface area (Å²) in [6.07, 6.45) is 1.24. The molecule has 0 unspecified atom stereocenters. The quantitative estimate of drug-likeness (QED) is 0.110. The molecule has 4 aromatic rings. The van der Waals surface area contributed by atoms with E-state index in [1.54, 1.807) is 50.4 Å². The van der Waals surface area contributed by atoms with Crippen molar-refractivity contribution in [1.82, 2.24) is 15.3 Å². The summed E-state index contributed by atoms with van der Waals surface area (Å²) in [5, 5.41) is 2.56. The van der Waals surface area contributed by atoms with Gasteiger partial charge in [-0.25, -0.2) is 14.6 Å². The lowest BCUT2D eigenvalue weighted by molar-refractivity contribution is -0.138. The fraction of sp³-hybridized carbons (Fsp3) is 0.156. The summed E-state index contributed by atoms with van der Waals surface area (Å²) in [6, 6.07) is 23.6. The number of nitrogens with one attached hydrogen (secondary N) is 1. The lowest BCUT2D eigenvalue weighted by Gasteiger charge is -2.12. The molecule has 0 atom stereocenters. The number of ether oxygens (including phenoxy) is 3. The zero-order valence-electron chi connectivity index (χ0n) is 22.8. The van der Waals surface area contributed by atoms with Gasteiger partial charge in [-0.3, -0.25) is 9.78 Å². The number of hydrogen-bond donors (Lipinski definition) is 1. The van der Waals surface area contributed by atoms with E-state index in [0.29, 0.717) is 28.4 Å². The van der Waals surface area contributed by atoms with E-state index in [1.807, 2.05) is 48.5 Å². The zero-order valence-corrected chi connectivity index (χ0v) is 22.8. The molecule has 0 saturated heterocycles. The molecule has 0 fully saturated rings. The average Bonchev–Trinajstić information content (AvgIpc) is 2.99. The molecule has 0 radical (unpaired) electrons. The molecule has 0 aliphatic heterocycles. The van der Waals surface area contributed by atoms with Crippen LogP contribution in [0.15, 0.2) is 97.2 Å². The smallest absolute Gasteiger partial charge is 0.412 e. The van der Waals surface area contributed by atoms with Crippen molar-refractivity contribution in [3.8, 4) is 45.3 Å². The Hall–Kier alpha value is -5.31. The number of amides is 1. The summed E-state index contributed by atoms with van der Waals surface area (Å²) in [7, 11) is 0. The van der Waals surface area contributed by atoms with Crippen LogP contribution in [0.3, 0.4) is 0 Å².